The Morgan fingerprint density at radius 1 is 0.944 bits per heavy atom. The summed E-state index contributed by atoms with van der Waals surface area (Å²) in [7, 11) is 0. The molecule has 0 nitrogen and oxygen atoms in total. The molecule has 106 valence electrons. The van der Waals surface area contributed by atoms with Gasteiger partial charge in [0, 0.05) is 0 Å². The Labute approximate surface area is 115 Å². The lowest BCUT2D eigenvalue weighted by molar-refractivity contribution is -0.236. The summed E-state index contributed by atoms with van der Waals surface area (Å²) in [6.07, 6.45) is 2.90. The topological polar surface area (TPSA) is 0 Å². The summed E-state index contributed by atoms with van der Waals surface area (Å²) in [4.78, 5) is 0. The van der Waals surface area contributed by atoms with Crippen LogP contribution in [0.3, 0.4) is 0 Å². The summed E-state index contributed by atoms with van der Waals surface area (Å²) in [5, 5.41) is 0. The van der Waals surface area contributed by atoms with E-state index >= 15 is 0 Å². The van der Waals surface area contributed by atoms with Gasteiger partial charge in [-0.3, -0.25) is 0 Å². The molecule has 0 saturated heterocycles. The smallest absolute Gasteiger partial charge is 0.0233 e. The minimum atomic E-state index is 0.375. The number of rotatable bonds is 1. The molecular formula is C18H34. The van der Waals surface area contributed by atoms with Crippen molar-refractivity contribution >= 4 is 0 Å². The van der Waals surface area contributed by atoms with E-state index in [4.69, 9.17) is 0 Å². The van der Waals surface area contributed by atoms with Gasteiger partial charge in [0.15, 0.2) is 0 Å². The Balaban J connectivity index is 2.43. The first-order chi connectivity index (χ1) is 7.86. The van der Waals surface area contributed by atoms with Crippen LogP contribution in [-0.4, -0.2) is 0 Å². The molecule has 0 aromatic rings. The molecule has 0 N–H and O–H groups in total. The Hall–Kier alpha value is 0. The van der Waals surface area contributed by atoms with Crippen molar-refractivity contribution in [1.29, 1.82) is 0 Å². The molecule has 3 rings (SSSR count). The van der Waals surface area contributed by atoms with E-state index in [1.807, 2.05) is 0 Å². The summed E-state index contributed by atoms with van der Waals surface area (Å²) in [6.45, 7) is 22.5. The molecule has 18 heavy (non-hydrogen) atoms. The second-order valence-corrected chi connectivity index (χ2v) is 9.69. The lowest BCUT2D eigenvalue weighted by Crippen LogP contribution is -2.65. The van der Waals surface area contributed by atoms with Crippen LogP contribution in [0.15, 0.2) is 0 Å². The molecule has 0 aromatic carbocycles. The molecule has 0 amide bonds. The first-order valence-corrected chi connectivity index (χ1v) is 7.86. The highest BCUT2D eigenvalue weighted by Crippen LogP contribution is 2.73. The van der Waals surface area contributed by atoms with Crippen molar-refractivity contribution in [2.24, 2.45) is 39.4 Å². The molecule has 3 aliphatic carbocycles. The molecular weight excluding hydrogens is 216 g/mol. The van der Waals surface area contributed by atoms with E-state index in [2.05, 4.69) is 62.3 Å². The first kappa shape index (κ1) is 14.4. The van der Waals surface area contributed by atoms with Crippen LogP contribution in [0, 0.1) is 39.4 Å². The number of hydrogen-bond donors (Lipinski definition) is 0. The fourth-order valence-corrected chi connectivity index (χ4v) is 5.51. The molecule has 0 spiro atoms. The molecule has 3 aliphatic rings. The molecule has 2 bridgehead atoms. The van der Waals surface area contributed by atoms with E-state index in [9.17, 15) is 0 Å². The summed E-state index contributed by atoms with van der Waals surface area (Å²) in [5.41, 5.74) is 1.82. The van der Waals surface area contributed by atoms with Gasteiger partial charge in [0.2, 0.25) is 0 Å². The van der Waals surface area contributed by atoms with Gasteiger partial charge < -0.3 is 0 Å². The highest BCUT2D eigenvalue weighted by atomic mass is 14.7. The molecule has 0 aliphatic heterocycles. The summed E-state index contributed by atoms with van der Waals surface area (Å²) in [6, 6.07) is 0. The predicted octanol–water partition coefficient (Wildman–Crippen LogP) is 5.77. The van der Waals surface area contributed by atoms with Crippen LogP contribution >= 0.6 is 0 Å². The van der Waals surface area contributed by atoms with Crippen LogP contribution in [0.5, 0.6) is 0 Å². The minimum Gasteiger partial charge on any atom is -0.0622 e. The van der Waals surface area contributed by atoms with Crippen LogP contribution < -0.4 is 0 Å². The Morgan fingerprint density at radius 2 is 1.44 bits per heavy atom. The quantitative estimate of drug-likeness (QED) is 0.554. The van der Waals surface area contributed by atoms with Gasteiger partial charge in [0.1, 0.15) is 0 Å². The highest BCUT2D eigenvalue weighted by molar-refractivity contribution is 5.15. The fourth-order valence-electron chi connectivity index (χ4n) is 5.51. The van der Waals surface area contributed by atoms with Crippen LogP contribution in [0.25, 0.3) is 0 Å². The first-order valence-electron chi connectivity index (χ1n) is 7.86. The lowest BCUT2D eigenvalue weighted by Gasteiger charge is -2.72. The lowest BCUT2D eigenvalue weighted by atomic mass is 9.33. The Kier molecular flexibility index (Phi) is 2.84. The van der Waals surface area contributed by atoms with Crippen molar-refractivity contribution in [1.82, 2.24) is 0 Å². The molecule has 0 aromatic heterocycles. The van der Waals surface area contributed by atoms with Gasteiger partial charge in [-0.15, -0.1) is 0 Å². The van der Waals surface area contributed by atoms with Crippen molar-refractivity contribution < 1.29 is 0 Å². The zero-order valence-electron chi connectivity index (χ0n) is 14.1. The normalized spacial score (nSPS) is 43.5. The third kappa shape index (κ3) is 1.50. The maximum absolute atomic E-state index is 2.59. The van der Waals surface area contributed by atoms with E-state index in [1.54, 1.807) is 0 Å². The van der Waals surface area contributed by atoms with Gasteiger partial charge in [-0.05, 0) is 52.3 Å². The molecule has 4 atom stereocenters. The minimum absolute atomic E-state index is 0.375. The highest BCUT2D eigenvalue weighted by Gasteiger charge is 2.66. The number of fused-ring (bicyclic) bond motifs is 2. The van der Waals surface area contributed by atoms with Gasteiger partial charge in [-0.1, -0.05) is 62.3 Å². The van der Waals surface area contributed by atoms with Crippen molar-refractivity contribution in [2.75, 3.05) is 0 Å². The standard InChI is InChI=1S/C18H34/c1-12-11-18(9,17(7,8)15(2,3)4)14-10-13(12)16(14,5)6/h12-14H,10-11H2,1-9H3. The zero-order chi connectivity index (χ0) is 14.1. The predicted molar refractivity (Wildman–Crippen MR) is 80.5 cm³/mol. The van der Waals surface area contributed by atoms with Crippen LogP contribution in [-0.2, 0) is 0 Å². The zero-order valence-corrected chi connectivity index (χ0v) is 14.1. The van der Waals surface area contributed by atoms with E-state index < -0.39 is 0 Å². The largest absolute Gasteiger partial charge is 0.0622 e. The maximum atomic E-state index is 2.59. The summed E-state index contributed by atoms with van der Waals surface area (Å²) >= 11 is 0. The average molecular weight is 250 g/mol. The third-order valence-corrected chi connectivity index (χ3v) is 7.85. The second-order valence-electron chi connectivity index (χ2n) is 9.69. The summed E-state index contributed by atoms with van der Waals surface area (Å²) in [5.74, 6) is 2.79. The average Bonchev–Trinajstić information content (AvgIpc) is 2.13. The summed E-state index contributed by atoms with van der Waals surface area (Å²) < 4.78 is 0. The van der Waals surface area contributed by atoms with Crippen molar-refractivity contribution in [3.63, 3.8) is 0 Å². The third-order valence-electron chi connectivity index (χ3n) is 7.85. The van der Waals surface area contributed by atoms with E-state index in [0.717, 1.165) is 17.8 Å². The maximum Gasteiger partial charge on any atom is -0.0233 e. The molecule has 3 fully saturated rings. The van der Waals surface area contributed by atoms with E-state index in [0.29, 0.717) is 21.7 Å². The molecule has 3 saturated carbocycles. The van der Waals surface area contributed by atoms with Crippen LogP contribution in [0.2, 0.25) is 0 Å². The van der Waals surface area contributed by atoms with Crippen molar-refractivity contribution in [3.05, 3.63) is 0 Å². The molecule has 0 heterocycles. The van der Waals surface area contributed by atoms with Gasteiger partial charge in [0.25, 0.3) is 0 Å². The molecule has 0 radical (unpaired) electrons. The molecule has 4 unspecified atom stereocenters. The van der Waals surface area contributed by atoms with Crippen molar-refractivity contribution in [2.45, 2.75) is 75.2 Å². The Morgan fingerprint density at radius 3 is 1.78 bits per heavy atom. The van der Waals surface area contributed by atoms with Crippen molar-refractivity contribution in [3.8, 4) is 0 Å². The van der Waals surface area contributed by atoms with Gasteiger partial charge >= 0.3 is 0 Å². The van der Waals surface area contributed by atoms with Crippen LogP contribution in [0.4, 0.5) is 0 Å². The second kappa shape index (κ2) is 3.55. The monoisotopic (exact) mass is 250 g/mol. The van der Waals surface area contributed by atoms with Gasteiger partial charge in [-0.2, -0.15) is 0 Å². The fraction of sp³-hybridized carbons (Fsp3) is 1.00. The van der Waals surface area contributed by atoms with Gasteiger partial charge in [-0.25, -0.2) is 0 Å². The van der Waals surface area contributed by atoms with Gasteiger partial charge in [0.05, 0.1) is 0 Å². The van der Waals surface area contributed by atoms with Crippen LogP contribution in [0.1, 0.15) is 75.2 Å². The number of hydrogen-bond acceptors (Lipinski definition) is 0. The van der Waals surface area contributed by atoms with E-state index in [-0.39, 0.29) is 0 Å². The Bertz CT molecular complexity index is 342. The molecule has 0 heteroatoms. The van der Waals surface area contributed by atoms with E-state index in [1.165, 1.54) is 12.8 Å². The SMILES string of the molecule is CC1CC(C)(C(C)(C)C(C)(C)C)C2CC1C2(C)C.